The van der Waals surface area contributed by atoms with Crippen molar-refractivity contribution in [2.75, 3.05) is 20.8 Å². The Morgan fingerprint density at radius 3 is 2.10 bits per heavy atom. The van der Waals surface area contributed by atoms with E-state index in [1.54, 1.807) is 26.2 Å². The van der Waals surface area contributed by atoms with E-state index >= 15 is 0 Å². The number of hydrogen-bond acceptors (Lipinski definition) is 6. The van der Waals surface area contributed by atoms with Gasteiger partial charge in [-0.2, -0.15) is 5.10 Å². The summed E-state index contributed by atoms with van der Waals surface area (Å²) in [4.78, 5) is 1.11. The summed E-state index contributed by atoms with van der Waals surface area (Å²) in [6, 6.07) is 16.5. The molecule has 1 fully saturated rings. The molecular weight excluding hydrogens is 410 g/mol. The van der Waals surface area contributed by atoms with E-state index in [0.717, 1.165) is 48.9 Å². The molecule has 1 aliphatic rings. The average molecular weight is 440 g/mol. The summed E-state index contributed by atoms with van der Waals surface area (Å²) >= 11 is 1.72. The molecule has 2 heterocycles. The molecule has 3 aromatic rings. The molecule has 1 saturated heterocycles. The molecule has 0 radical (unpaired) electrons. The van der Waals surface area contributed by atoms with Crippen LogP contribution in [0.1, 0.15) is 36.6 Å². The highest BCUT2D eigenvalue weighted by atomic mass is 32.2. The second-order valence-corrected chi connectivity index (χ2v) is 8.73. The van der Waals surface area contributed by atoms with Crippen LogP contribution >= 0.6 is 11.9 Å². The lowest BCUT2D eigenvalue weighted by molar-refractivity contribution is -0.0396. The zero-order valence-electron chi connectivity index (χ0n) is 18.1. The molecule has 1 aromatic heterocycles. The lowest BCUT2D eigenvalue weighted by Crippen LogP contribution is -2.18. The minimum atomic E-state index is 0.0553. The Morgan fingerprint density at radius 1 is 0.968 bits per heavy atom. The number of ether oxygens (including phenoxy) is 3. The van der Waals surface area contributed by atoms with Gasteiger partial charge in [0.15, 0.2) is 0 Å². The molecule has 0 aliphatic carbocycles. The largest absolute Gasteiger partial charge is 0.497 e. The highest BCUT2D eigenvalue weighted by Gasteiger charge is 2.18. The molecule has 31 heavy (non-hydrogen) atoms. The van der Waals surface area contributed by atoms with Crippen LogP contribution in [-0.2, 0) is 17.8 Å². The van der Waals surface area contributed by atoms with Crippen LogP contribution in [0.3, 0.4) is 0 Å². The van der Waals surface area contributed by atoms with Crippen molar-refractivity contribution in [1.29, 1.82) is 0 Å². The molecule has 0 N–H and O–H groups in total. The fraction of sp³-hybridized carbons (Fsp3) is 0.375. The zero-order chi connectivity index (χ0) is 21.5. The van der Waals surface area contributed by atoms with Crippen LogP contribution in [-0.4, -0.2) is 34.9 Å². The van der Waals surface area contributed by atoms with Crippen molar-refractivity contribution in [1.82, 2.24) is 14.1 Å². The van der Waals surface area contributed by atoms with Crippen LogP contribution in [0.2, 0.25) is 0 Å². The summed E-state index contributed by atoms with van der Waals surface area (Å²) in [5.74, 6) is 1.73. The molecular formula is C24H29N3O3S. The van der Waals surface area contributed by atoms with E-state index in [-0.39, 0.29) is 6.23 Å². The number of benzene rings is 2. The van der Waals surface area contributed by atoms with Crippen molar-refractivity contribution >= 4 is 11.9 Å². The SMILES string of the molecule is COc1ccc(CN(Cc2ccc(OC)cc2)Sc2cnn(C3CCCCO3)c2)cc1. The Morgan fingerprint density at radius 2 is 1.58 bits per heavy atom. The van der Waals surface area contributed by atoms with E-state index in [9.17, 15) is 0 Å². The average Bonchev–Trinajstić information content (AvgIpc) is 3.29. The van der Waals surface area contributed by atoms with E-state index in [0.29, 0.717) is 0 Å². The lowest BCUT2D eigenvalue weighted by Gasteiger charge is -2.23. The molecule has 0 spiro atoms. The van der Waals surface area contributed by atoms with Gasteiger partial charge in [-0.3, -0.25) is 0 Å². The number of nitrogens with zero attached hydrogens (tertiary/aromatic N) is 3. The van der Waals surface area contributed by atoms with Gasteiger partial charge in [0.25, 0.3) is 0 Å². The monoisotopic (exact) mass is 439 g/mol. The maximum absolute atomic E-state index is 5.87. The Labute approximate surface area is 188 Å². The first kappa shape index (κ1) is 21.7. The molecule has 2 aromatic carbocycles. The first-order valence-corrected chi connectivity index (χ1v) is 11.4. The molecule has 0 saturated carbocycles. The summed E-state index contributed by atoms with van der Waals surface area (Å²) in [6.07, 6.45) is 7.42. The first-order chi connectivity index (χ1) is 15.2. The second-order valence-electron chi connectivity index (χ2n) is 7.56. The van der Waals surface area contributed by atoms with Crippen LogP contribution in [0.5, 0.6) is 11.5 Å². The van der Waals surface area contributed by atoms with Crippen molar-refractivity contribution in [2.24, 2.45) is 0 Å². The number of rotatable bonds is 9. The van der Waals surface area contributed by atoms with Crippen LogP contribution < -0.4 is 9.47 Å². The summed E-state index contributed by atoms with van der Waals surface area (Å²) in [7, 11) is 3.38. The van der Waals surface area contributed by atoms with Crippen molar-refractivity contribution in [3.63, 3.8) is 0 Å². The highest BCUT2D eigenvalue weighted by Crippen LogP contribution is 2.29. The zero-order valence-corrected chi connectivity index (χ0v) is 18.9. The standard InChI is InChI=1S/C24H29N3O3S/c1-28-21-10-6-19(7-11-21)16-26(17-20-8-12-22(29-2)13-9-20)31-23-15-25-27(18-23)24-5-3-4-14-30-24/h6-13,15,18,24H,3-5,14,16-17H2,1-2H3. The van der Waals surface area contributed by atoms with Gasteiger partial charge in [-0.15, -0.1) is 0 Å². The summed E-state index contributed by atoms with van der Waals surface area (Å²) < 4.78 is 20.8. The highest BCUT2D eigenvalue weighted by molar-refractivity contribution is 7.97. The molecule has 1 unspecified atom stereocenters. The molecule has 1 aliphatic heterocycles. The third-order valence-corrected chi connectivity index (χ3v) is 6.24. The van der Waals surface area contributed by atoms with Gasteiger partial charge >= 0.3 is 0 Å². The molecule has 6 nitrogen and oxygen atoms in total. The van der Waals surface area contributed by atoms with Gasteiger partial charge in [-0.05, 0) is 66.6 Å². The minimum absolute atomic E-state index is 0.0553. The molecule has 164 valence electrons. The van der Waals surface area contributed by atoms with Gasteiger partial charge in [0.05, 0.1) is 25.3 Å². The first-order valence-electron chi connectivity index (χ1n) is 10.6. The summed E-state index contributed by atoms with van der Waals surface area (Å²) in [6.45, 7) is 2.41. The van der Waals surface area contributed by atoms with Crippen LogP contribution in [0, 0.1) is 0 Å². The Balaban J connectivity index is 1.48. The Kier molecular flexibility index (Phi) is 7.51. The topological polar surface area (TPSA) is 48.8 Å². The van der Waals surface area contributed by atoms with Crippen molar-refractivity contribution < 1.29 is 14.2 Å². The molecule has 0 bridgehead atoms. The van der Waals surface area contributed by atoms with Crippen LogP contribution in [0.25, 0.3) is 0 Å². The van der Waals surface area contributed by atoms with E-state index in [4.69, 9.17) is 14.2 Å². The van der Waals surface area contributed by atoms with Gasteiger partial charge in [-0.1, -0.05) is 24.3 Å². The molecule has 4 rings (SSSR count). The predicted octanol–water partition coefficient (Wildman–Crippen LogP) is 5.31. The number of aromatic nitrogens is 2. The summed E-state index contributed by atoms with van der Waals surface area (Å²) in [5.41, 5.74) is 2.45. The third-order valence-electron chi connectivity index (χ3n) is 5.30. The van der Waals surface area contributed by atoms with Gasteiger partial charge in [0.1, 0.15) is 17.7 Å². The maximum atomic E-state index is 5.87. The fourth-order valence-corrected chi connectivity index (χ4v) is 4.57. The van der Waals surface area contributed by atoms with Gasteiger partial charge in [0, 0.05) is 25.9 Å². The quantitative estimate of drug-likeness (QED) is 0.421. The number of methoxy groups -OCH3 is 2. The Bertz CT molecular complexity index is 888. The summed E-state index contributed by atoms with van der Waals surface area (Å²) in [5, 5.41) is 4.56. The van der Waals surface area contributed by atoms with Crippen molar-refractivity contribution in [2.45, 2.75) is 43.5 Å². The van der Waals surface area contributed by atoms with E-state index in [1.807, 2.05) is 35.1 Å². The van der Waals surface area contributed by atoms with Gasteiger partial charge in [-0.25, -0.2) is 8.99 Å². The number of hydrogen-bond donors (Lipinski definition) is 0. The van der Waals surface area contributed by atoms with Crippen LogP contribution in [0.15, 0.2) is 65.8 Å². The van der Waals surface area contributed by atoms with E-state index < -0.39 is 0 Å². The van der Waals surface area contributed by atoms with Gasteiger partial charge < -0.3 is 14.2 Å². The van der Waals surface area contributed by atoms with Crippen molar-refractivity contribution in [3.8, 4) is 11.5 Å². The lowest BCUT2D eigenvalue weighted by atomic mass is 10.2. The minimum Gasteiger partial charge on any atom is -0.497 e. The predicted molar refractivity (Wildman–Crippen MR) is 122 cm³/mol. The van der Waals surface area contributed by atoms with E-state index in [2.05, 4.69) is 39.9 Å². The van der Waals surface area contributed by atoms with Crippen LogP contribution in [0.4, 0.5) is 0 Å². The normalized spacial score (nSPS) is 16.4. The fourth-order valence-electron chi connectivity index (χ4n) is 3.60. The molecule has 1 atom stereocenters. The van der Waals surface area contributed by atoms with Crippen molar-refractivity contribution in [3.05, 3.63) is 72.1 Å². The maximum Gasteiger partial charge on any atom is 0.150 e. The third kappa shape index (κ3) is 6.03. The smallest absolute Gasteiger partial charge is 0.150 e. The second kappa shape index (κ2) is 10.7. The van der Waals surface area contributed by atoms with E-state index in [1.165, 1.54) is 17.5 Å². The van der Waals surface area contributed by atoms with Gasteiger partial charge in [0.2, 0.25) is 0 Å². The molecule has 0 amide bonds. The Hall–Kier alpha value is -2.48. The molecule has 7 heteroatoms.